The summed E-state index contributed by atoms with van der Waals surface area (Å²) < 4.78 is 34.7. The van der Waals surface area contributed by atoms with Crippen molar-refractivity contribution in [3.05, 3.63) is 142 Å². The number of nitrogens with zero attached hydrogens (tertiary/aromatic N) is 1. The van der Waals surface area contributed by atoms with E-state index in [-0.39, 0.29) is 36.2 Å². The molecule has 2 atom stereocenters. The molecule has 0 saturated heterocycles. The molecule has 0 unspecified atom stereocenters. The Labute approximate surface area is 331 Å². The number of fused-ring (bicyclic) bond motifs is 1. The van der Waals surface area contributed by atoms with Crippen LogP contribution in [0, 0.1) is 0 Å². The average molecular weight is 775 g/mol. The molecular weight excluding hydrogens is 732 g/mol. The van der Waals surface area contributed by atoms with E-state index in [1.165, 1.54) is 21.3 Å². The summed E-state index contributed by atoms with van der Waals surface area (Å²) in [7, 11) is 6.14. The highest BCUT2D eigenvalue weighted by Crippen LogP contribution is 2.50. The van der Waals surface area contributed by atoms with E-state index >= 15 is 4.79 Å². The fourth-order valence-corrected chi connectivity index (χ4v) is 7.53. The first-order chi connectivity index (χ1) is 27.3. The van der Waals surface area contributed by atoms with Crippen molar-refractivity contribution in [1.29, 1.82) is 0 Å². The first-order valence-corrected chi connectivity index (χ1v) is 18.7. The lowest BCUT2D eigenvalue weighted by molar-refractivity contribution is -0.116. The monoisotopic (exact) mass is 774 g/mol. The number of para-hydroxylation sites is 2. The topological polar surface area (TPSA) is 105 Å². The highest BCUT2D eigenvalue weighted by Gasteiger charge is 2.42. The number of anilines is 2. The van der Waals surface area contributed by atoms with Crippen molar-refractivity contribution in [1.82, 2.24) is 0 Å². The maximum atomic E-state index is 15.3. The van der Waals surface area contributed by atoms with Gasteiger partial charge in [-0.05, 0) is 96.6 Å². The molecule has 7 rings (SSSR count). The number of ether oxygens (including phenoxy) is 6. The van der Waals surface area contributed by atoms with Crippen LogP contribution in [0.4, 0.5) is 11.4 Å². The Kier molecular flexibility index (Phi) is 11.4. The number of amides is 1. The molecule has 0 spiro atoms. The molecule has 1 N–H and O–H groups in total. The third kappa shape index (κ3) is 7.57. The van der Waals surface area contributed by atoms with Crippen LogP contribution in [0.2, 0.25) is 5.02 Å². The van der Waals surface area contributed by atoms with Crippen LogP contribution in [0.25, 0.3) is 0 Å². The van der Waals surface area contributed by atoms with Gasteiger partial charge in [0.1, 0.15) is 12.4 Å². The van der Waals surface area contributed by atoms with Gasteiger partial charge in [0.2, 0.25) is 5.75 Å². The molecular formula is C45H43ClN2O8. The molecule has 56 heavy (non-hydrogen) atoms. The van der Waals surface area contributed by atoms with Crippen LogP contribution in [0.15, 0.2) is 114 Å². The number of carbonyl (C=O) groups excluding carboxylic acids is 2. The van der Waals surface area contributed by atoms with Crippen LogP contribution in [0.1, 0.15) is 58.8 Å². The van der Waals surface area contributed by atoms with Crippen LogP contribution < -0.4 is 38.6 Å². The summed E-state index contributed by atoms with van der Waals surface area (Å²) in [5, 5.41) is 4.25. The molecule has 0 saturated carbocycles. The van der Waals surface area contributed by atoms with Crippen LogP contribution in [-0.4, -0.2) is 46.7 Å². The molecule has 1 heterocycles. The Hall–Kier alpha value is -6.13. The Morgan fingerprint density at radius 3 is 2.11 bits per heavy atom. The molecule has 2 aliphatic rings. The van der Waals surface area contributed by atoms with Crippen molar-refractivity contribution in [3.8, 4) is 34.5 Å². The highest BCUT2D eigenvalue weighted by atomic mass is 35.5. The van der Waals surface area contributed by atoms with Gasteiger partial charge in [-0.25, -0.2) is 0 Å². The summed E-state index contributed by atoms with van der Waals surface area (Å²) in [5.41, 5.74) is 5.38. The number of rotatable bonds is 12. The molecule has 1 amide bonds. The molecule has 11 heteroatoms. The Balaban J connectivity index is 1.40. The van der Waals surface area contributed by atoms with Crippen molar-refractivity contribution in [2.45, 2.75) is 38.3 Å². The molecule has 10 nitrogen and oxygen atoms in total. The summed E-state index contributed by atoms with van der Waals surface area (Å²) in [4.78, 5) is 31.7. The molecule has 0 aromatic heterocycles. The third-order valence-corrected chi connectivity index (χ3v) is 10.3. The van der Waals surface area contributed by atoms with Gasteiger partial charge in [-0.2, -0.15) is 0 Å². The predicted molar refractivity (Wildman–Crippen MR) is 216 cm³/mol. The van der Waals surface area contributed by atoms with Crippen molar-refractivity contribution < 1.29 is 38.0 Å². The summed E-state index contributed by atoms with van der Waals surface area (Å²) in [5.74, 6) is 2.17. The Bertz CT molecular complexity index is 2250. The zero-order chi connectivity index (χ0) is 39.3. The van der Waals surface area contributed by atoms with Gasteiger partial charge in [-0.15, -0.1) is 0 Å². The minimum absolute atomic E-state index is 0.0823. The Morgan fingerprint density at radius 1 is 0.750 bits per heavy atom. The summed E-state index contributed by atoms with van der Waals surface area (Å²) in [6, 6.07) is 30.8. The number of benzene rings is 5. The third-order valence-electron chi connectivity index (χ3n) is 10.1. The lowest BCUT2D eigenvalue weighted by atomic mass is 9.78. The maximum Gasteiger partial charge on any atom is 0.259 e. The number of Topliss-reactive ketones (excluding diaryl/α,β-unsaturated/α-hetero) is 1. The second-order valence-electron chi connectivity index (χ2n) is 13.4. The molecule has 0 fully saturated rings. The quantitative estimate of drug-likeness (QED) is 0.133. The normalized spacial score (nSPS) is 16.2. The van der Waals surface area contributed by atoms with Crippen LogP contribution in [0.5, 0.6) is 34.5 Å². The molecule has 5 aromatic carbocycles. The SMILES string of the molecule is CCOc1cc([C@@H]2C3=C(C[C@@H](c4ccc(OC)cc4)CC3=O)Nc3ccccc3N2C(=O)c2cc(OC)c(OC)c(OC)c2)ccc1OCc1ccc(Cl)cc1. The first-order valence-electron chi connectivity index (χ1n) is 18.3. The fourth-order valence-electron chi connectivity index (χ4n) is 7.41. The number of allylic oxidation sites excluding steroid dienone is 1. The predicted octanol–water partition coefficient (Wildman–Crippen LogP) is 9.57. The van der Waals surface area contributed by atoms with Gasteiger partial charge in [0.15, 0.2) is 28.8 Å². The molecule has 288 valence electrons. The van der Waals surface area contributed by atoms with Gasteiger partial charge in [-0.1, -0.05) is 54.1 Å². The number of carbonyl (C=O) groups is 2. The fraction of sp³-hybridized carbons (Fsp3) is 0.244. The first kappa shape index (κ1) is 38.2. The van der Waals surface area contributed by atoms with E-state index in [2.05, 4.69) is 5.32 Å². The molecule has 0 bridgehead atoms. The van der Waals surface area contributed by atoms with Crippen molar-refractivity contribution in [2.75, 3.05) is 45.3 Å². The smallest absolute Gasteiger partial charge is 0.259 e. The molecule has 1 aliphatic carbocycles. The number of methoxy groups -OCH3 is 4. The standard InChI is InChI=1S/C45H43ClN2O8/c1-6-55-39-23-29(15-20-38(39)56-26-27-11-16-32(46)17-12-27)43-42-35(21-30(22-37(42)49)28-13-18-33(51-2)19-14-28)47-34-9-7-8-10-36(34)48(43)45(50)31-24-40(52-3)44(54-5)41(25-31)53-4/h7-20,23-25,30,43,47H,6,21-22,26H2,1-5H3/t30-,43-/m1/s1. The number of hydrogen-bond donors (Lipinski definition) is 1. The van der Waals surface area contributed by atoms with Gasteiger partial charge in [-0.3, -0.25) is 14.5 Å². The minimum Gasteiger partial charge on any atom is -0.497 e. The molecule has 0 radical (unpaired) electrons. The highest BCUT2D eigenvalue weighted by molar-refractivity contribution is 6.30. The van der Waals surface area contributed by atoms with E-state index in [1.807, 2.05) is 97.9 Å². The van der Waals surface area contributed by atoms with E-state index in [0.717, 1.165) is 22.6 Å². The van der Waals surface area contributed by atoms with Crippen molar-refractivity contribution in [3.63, 3.8) is 0 Å². The van der Waals surface area contributed by atoms with Gasteiger partial charge in [0.25, 0.3) is 5.91 Å². The number of halogens is 1. The zero-order valence-electron chi connectivity index (χ0n) is 31.9. The maximum absolute atomic E-state index is 15.3. The van der Waals surface area contributed by atoms with Gasteiger partial charge in [0.05, 0.1) is 52.5 Å². The lowest BCUT2D eigenvalue weighted by Crippen LogP contribution is -2.38. The van der Waals surface area contributed by atoms with Crippen LogP contribution in [-0.2, 0) is 11.4 Å². The summed E-state index contributed by atoms with van der Waals surface area (Å²) in [6.07, 6.45) is 0.775. The number of nitrogens with one attached hydrogen (secondary N) is 1. The Morgan fingerprint density at radius 2 is 1.45 bits per heavy atom. The van der Waals surface area contributed by atoms with Gasteiger partial charge >= 0.3 is 0 Å². The van der Waals surface area contributed by atoms with E-state index in [0.29, 0.717) is 69.3 Å². The second-order valence-corrected chi connectivity index (χ2v) is 13.8. The molecule has 1 aliphatic heterocycles. The van der Waals surface area contributed by atoms with E-state index < -0.39 is 6.04 Å². The van der Waals surface area contributed by atoms with E-state index in [4.69, 9.17) is 40.0 Å². The van der Waals surface area contributed by atoms with Crippen LogP contribution in [0.3, 0.4) is 0 Å². The minimum atomic E-state index is -0.874. The van der Waals surface area contributed by atoms with E-state index in [9.17, 15) is 4.79 Å². The van der Waals surface area contributed by atoms with Crippen LogP contribution >= 0.6 is 11.6 Å². The zero-order valence-corrected chi connectivity index (χ0v) is 32.6. The largest absolute Gasteiger partial charge is 0.497 e. The summed E-state index contributed by atoms with van der Waals surface area (Å²) >= 11 is 6.11. The van der Waals surface area contributed by atoms with Crippen molar-refractivity contribution in [2.24, 2.45) is 0 Å². The van der Waals surface area contributed by atoms with Gasteiger partial charge in [0, 0.05) is 28.3 Å². The van der Waals surface area contributed by atoms with Crippen molar-refractivity contribution >= 4 is 34.7 Å². The van der Waals surface area contributed by atoms with E-state index in [1.54, 1.807) is 24.1 Å². The lowest BCUT2D eigenvalue weighted by Gasteiger charge is -2.35. The number of ketones is 1. The second kappa shape index (κ2) is 16.7. The molecule has 5 aromatic rings. The average Bonchev–Trinajstić information content (AvgIpc) is 3.38. The summed E-state index contributed by atoms with van der Waals surface area (Å²) in [6.45, 7) is 2.54. The number of hydrogen-bond acceptors (Lipinski definition) is 9. The van der Waals surface area contributed by atoms with Gasteiger partial charge < -0.3 is 33.7 Å².